The maximum absolute atomic E-state index is 11.9. The molecule has 0 aliphatic carbocycles. The van der Waals surface area contributed by atoms with Crippen LogP contribution < -0.4 is 11.1 Å². The van der Waals surface area contributed by atoms with E-state index in [1.807, 2.05) is 39.8 Å². The highest BCUT2D eigenvalue weighted by atomic mass is 16.6. The summed E-state index contributed by atoms with van der Waals surface area (Å²) in [7, 11) is 0. The van der Waals surface area contributed by atoms with E-state index in [2.05, 4.69) is 25.2 Å². The molecule has 0 aromatic heterocycles. The van der Waals surface area contributed by atoms with E-state index in [0.29, 0.717) is 6.54 Å². The second kappa shape index (κ2) is 6.48. The average molecular weight is 292 g/mol. The van der Waals surface area contributed by atoms with Crippen LogP contribution in [0.25, 0.3) is 0 Å². The number of ether oxygens (including phenoxy) is 1. The highest BCUT2D eigenvalue weighted by molar-refractivity contribution is 5.86. The molecule has 4 nitrogen and oxygen atoms in total. The highest BCUT2D eigenvalue weighted by Crippen LogP contribution is 2.24. The minimum atomic E-state index is -0.503. The van der Waals surface area contributed by atoms with Crippen molar-refractivity contribution >= 4 is 11.8 Å². The van der Waals surface area contributed by atoms with Crippen molar-refractivity contribution in [3.05, 3.63) is 29.3 Å². The number of nitrogens with one attached hydrogen (secondary N) is 1. The minimum absolute atomic E-state index is 0.0401. The van der Waals surface area contributed by atoms with Gasteiger partial charge in [-0.05, 0) is 63.3 Å². The molecule has 0 bridgehead atoms. The molecular weight excluding hydrogens is 264 g/mol. The SMILES string of the molecule is Cc1ccc(CC(C)(C)CN)cc1NC(=O)OC(C)(C)C. The lowest BCUT2D eigenvalue weighted by Crippen LogP contribution is -2.28. The van der Waals surface area contributed by atoms with Gasteiger partial charge in [-0.25, -0.2) is 4.79 Å². The number of benzene rings is 1. The molecule has 0 fully saturated rings. The van der Waals surface area contributed by atoms with E-state index < -0.39 is 11.7 Å². The normalized spacial score (nSPS) is 12.1. The fraction of sp³-hybridized carbons (Fsp3) is 0.588. The van der Waals surface area contributed by atoms with Crippen molar-refractivity contribution in [2.24, 2.45) is 11.1 Å². The Morgan fingerprint density at radius 1 is 1.24 bits per heavy atom. The maximum atomic E-state index is 11.9. The zero-order chi connectivity index (χ0) is 16.3. The van der Waals surface area contributed by atoms with Gasteiger partial charge in [-0.15, -0.1) is 0 Å². The zero-order valence-electron chi connectivity index (χ0n) is 14.0. The van der Waals surface area contributed by atoms with E-state index >= 15 is 0 Å². The van der Waals surface area contributed by atoms with Crippen LogP contribution in [0.1, 0.15) is 45.7 Å². The minimum Gasteiger partial charge on any atom is -0.444 e. The predicted molar refractivity (Wildman–Crippen MR) is 87.6 cm³/mol. The molecule has 1 aromatic rings. The second-order valence-corrected chi connectivity index (χ2v) is 7.32. The number of anilines is 1. The quantitative estimate of drug-likeness (QED) is 0.885. The number of rotatable bonds is 4. The van der Waals surface area contributed by atoms with E-state index in [0.717, 1.165) is 23.2 Å². The second-order valence-electron chi connectivity index (χ2n) is 7.32. The molecule has 1 amide bonds. The van der Waals surface area contributed by atoms with E-state index in [-0.39, 0.29) is 5.41 Å². The Morgan fingerprint density at radius 2 is 1.86 bits per heavy atom. The molecule has 0 radical (unpaired) electrons. The number of nitrogens with two attached hydrogens (primary N) is 1. The Hall–Kier alpha value is -1.55. The first-order chi connectivity index (χ1) is 9.52. The van der Waals surface area contributed by atoms with Crippen LogP contribution in [-0.2, 0) is 11.2 Å². The number of aryl methyl sites for hydroxylation is 1. The molecule has 0 saturated heterocycles. The van der Waals surface area contributed by atoms with Crippen molar-refractivity contribution in [3.8, 4) is 0 Å². The fourth-order valence-electron chi connectivity index (χ4n) is 1.95. The molecule has 0 aliphatic heterocycles. The third-order valence-electron chi connectivity index (χ3n) is 3.17. The van der Waals surface area contributed by atoms with E-state index in [9.17, 15) is 4.79 Å². The lowest BCUT2D eigenvalue weighted by molar-refractivity contribution is 0.0636. The van der Waals surface area contributed by atoms with E-state index in [4.69, 9.17) is 10.5 Å². The predicted octanol–water partition coefficient (Wildman–Crippen LogP) is 3.87. The molecule has 0 aliphatic rings. The van der Waals surface area contributed by atoms with Crippen LogP contribution in [0.4, 0.5) is 10.5 Å². The maximum Gasteiger partial charge on any atom is 0.412 e. The summed E-state index contributed by atoms with van der Waals surface area (Å²) < 4.78 is 5.29. The monoisotopic (exact) mass is 292 g/mol. The van der Waals surface area contributed by atoms with Gasteiger partial charge in [0.05, 0.1) is 0 Å². The van der Waals surface area contributed by atoms with E-state index in [1.54, 1.807) is 0 Å². The van der Waals surface area contributed by atoms with Gasteiger partial charge in [0.1, 0.15) is 5.60 Å². The highest BCUT2D eigenvalue weighted by Gasteiger charge is 2.19. The van der Waals surface area contributed by atoms with Crippen LogP contribution in [0.5, 0.6) is 0 Å². The third-order valence-corrected chi connectivity index (χ3v) is 3.17. The van der Waals surface area contributed by atoms with Crippen molar-refractivity contribution in [1.29, 1.82) is 0 Å². The first-order valence-corrected chi connectivity index (χ1v) is 7.32. The van der Waals surface area contributed by atoms with Crippen molar-refractivity contribution in [2.45, 2.75) is 53.6 Å². The molecule has 3 N–H and O–H groups in total. The lowest BCUT2D eigenvalue weighted by Gasteiger charge is -2.23. The average Bonchev–Trinajstić information content (AvgIpc) is 2.31. The molecule has 1 rings (SSSR count). The molecule has 21 heavy (non-hydrogen) atoms. The van der Waals surface area contributed by atoms with Gasteiger partial charge in [0, 0.05) is 5.69 Å². The molecule has 0 atom stereocenters. The largest absolute Gasteiger partial charge is 0.444 e. The summed E-state index contributed by atoms with van der Waals surface area (Å²) in [5, 5.41) is 2.82. The Kier molecular flexibility index (Phi) is 5.40. The Balaban J connectivity index is 2.86. The molecule has 0 saturated carbocycles. The van der Waals surface area contributed by atoms with Crippen LogP contribution in [-0.4, -0.2) is 18.2 Å². The zero-order valence-corrected chi connectivity index (χ0v) is 14.0. The lowest BCUT2D eigenvalue weighted by atomic mass is 9.85. The van der Waals surface area contributed by atoms with Crippen LogP contribution in [0.3, 0.4) is 0 Å². The van der Waals surface area contributed by atoms with Crippen molar-refractivity contribution in [2.75, 3.05) is 11.9 Å². The number of amides is 1. The first-order valence-electron chi connectivity index (χ1n) is 7.32. The van der Waals surface area contributed by atoms with Gasteiger partial charge in [-0.1, -0.05) is 26.0 Å². The Labute approximate surface area is 128 Å². The summed E-state index contributed by atoms with van der Waals surface area (Å²) in [5.74, 6) is 0. The van der Waals surface area contributed by atoms with Crippen molar-refractivity contribution < 1.29 is 9.53 Å². The van der Waals surface area contributed by atoms with Crippen molar-refractivity contribution in [1.82, 2.24) is 0 Å². The van der Waals surface area contributed by atoms with Gasteiger partial charge in [-0.2, -0.15) is 0 Å². The summed E-state index contributed by atoms with van der Waals surface area (Å²) in [5.41, 5.74) is 8.27. The topological polar surface area (TPSA) is 64.3 Å². The van der Waals surface area contributed by atoms with Crippen LogP contribution in [0, 0.1) is 12.3 Å². The number of carbonyl (C=O) groups is 1. The van der Waals surface area contributed by atoms with Gasteiger partial charge in [0.2, 0.25) is 0 Å². The molecular formula is C17H28N2O2. The summed E-state index contributed by atoms with van der Waals surface area (Å²) in [6.45, 7) is 12.4. The molecule has 1 aromatic carbocycles. The summed E-state index contributed by atoms with van der Waals surface area (Å²) in [6.07, 6.45) is 0.438. The van der Waals surface area contributed by atoms with Gasteiger partial charge in [-0.3, -0.25) is 5.32 Å². The summed E-state index contributed by atoms with van der Waals surface area (Å²) >= 11 is 0. The van der Waals surface area contributed by atoms with Crippen LogP contribution in [0.2, 0.25) is 0 Å². The van der Waals surface area contributed by atoms with Crippen LogP contribution >= 0.6 is 0 Å². The molecule has 4 heteroatoms. The fourth-order valence-corrected chi connectivity index (χ4v) is 1.95. The van der Waals surface area contributed by atoms with Gasteiger partial charge >= 0.3 is 6.09 Å². The molecule has 0 spiro atoms. The number of hydrogen-bond donors (Lipinski definition) is 2. The standard InChI is InChI=1S/C17H28N2O2/c1-12-7-8-13(10-17(5,6)11-18)9-14(12)19-15(20)21-16(2,3)4/h7-9H,10-11,18H2,1-6H3,(H,19,20). The third kappa shape index (κ3) is 6.17. The van der Waals surface area contributed by atoms with Gasteiger partial charge in [0.25, 0.3) is 0 Å². The van der Waals surface area contributed by atoms with Gasteiger partial charge < -0.3 is 10.5 Å². The number of hydrogen-bond acceptors (Lipinski definition) is 3. The van der Waals surface area contributed by atoms with E-state index in [1.165, 1.54) is 0 Å². The summed E-state index contributed by atoms with van der Waals surface area (Å²) in [6, 6.07) is 6.08. The van der Waals surface area contributed by atoms with Gasteiger partial charge in [0.15, 0.2) is 0 Å². The number of carbonyl (C=O) groups excluding carboxylic acids is 1. The first kappa shape index (κ1) is 17.5. The van der Waals surface area contributed by atoms with Crippen LogP contribution in [0.15, 0.2) is 18.2 Å². The molecule has 0 unspecified atom stereocenters. The summed E-state index contributed by atoms with van der Waals surface area (Å²) in [4.78, 5) is 11.9. The Morgan fingerprint density at radius 3 is 2.38 bits per heavy atom. The Bertz CT molecular complexity index is 502. The smallest absolute Gasteiger partial charge is 0.412 e. The van der Waals surface area contributed by atoms with Crippen molar-refractivity contribution in [3.63, 3.8) is 0 Å². The molecule has 118 valence electrons. The molecule has 0 heterocycles.